The Morgan fingerprint density at radius 3 is 2.54 bits per heavy atom. The number of aromatic nitrogens is 1. The maximum absolute atomic E-state index is 10.2. The van der Waals surface area contributed by atoms with Crippen LogP contribution in [-0.4, -0.2) is 40.3 Å². The van der Waals surface area contributed by atoms with E-state index in [4.69, 9.17) is 9.47 Å². The molecule has 1 N–H and O–H groups in total. The van der Waals surface area contributed by atoms with Gasteiger partial charge in [0.25, 0.3) is 0 Å². The summed E-state index contributed by atoms with van der Waals surface area (Å²) < 4.78 is 14.9. The van der Waals surface area contributed by atoms with Crippen molar-refractivity contribution in [3.8, 4) is 22.9 Å². The summed E-state index contributed by atoms with van der Waals surface area (Å²) in [6.45, 7) is 9.68. The van der Waals surface area contributed by atoms with Gasteiger partial charge in [0, 0.05) is 41.8 Å². The van der Waals surface area contributed by atoms with Crippen LogP contribution in [0, 0.1) is 5.92 Å². The molecule has 4 aromatic rings. The third-order valence-electron chi connectivity index (χ3n) is 8.09. The van der Waals surface area contributed by atoms with Crippen molar-refractivity contribution in [1.82, 2.24) is 9.47 Å². The van der Waals surface area contributed by atoms with Gasteiger partial charge in [-0.15, -0.1) is 0 Å². The number of benzene rings is 3. The van der Waals surface area contributed by atoms with Crippen LogP contribution in [0.15, 0.2) is 91.3 Å². The highest BCUT2D eigenvalue weighted by atomic mass is 16.5. The van der Waals surface area contributed by atoms with Crippen LogP contribution in [0.2, 0.25) is 0 Å². The van der Waals surface area contributed by atoms with Crippen LogP contribution in [0.5, 0.6) is 17.2 Å². The Hall–Kier alpha value is -3.96. The molecule has 1 aromatic heterocycles. The van der Waals surface area contributed by atoms with E-state index in [9.17, 15) is 5.11 Å². The first-order chi connectivity index (χ1) is 19.0. The van der Waals surface area contributed by atoms with Crippen LogP contribution in [-0.2, 0) is 0 Å². The number of aromatic hydroxyl groups is 1. The Morgan fingerprint density at radius 2 is 1.79 bits per heavy atom. The number of fused-ring (bicyclic) bond motifs is 1. The van der Waals surface area contributed by atoms with Gasteiger partial charge in [0.05, 0.1) is 0 Å². The van der Waals surface area contributed by atoms with Crippen molar-refractivity contribution in [3.63, 3.8) is 0 Å². The van der Waals surface area contributed by atoms with E-state index in [1.165, 1.54) is 6.42 Å². The van der Waals surface area contributed by atoms with Crippen molar-refractivity contribution < 1.29 is 14.6 Å². The second-order valence-electron chi connectivity index (χ2n) is 11.0. The Kier molecular flexibility index (Phi) is 6.92. The molecule has 0 radical (unpaired) electrons. The maximum Gasteiger partial charge on any atom is 0.150 e. The lowest BCUT2D eigenvalue weighted by Gasteiger charge is -2.31. The molecule has 0 amide bonds. The lowest BCUT2D eigenvalue weighted by atomic mass is 9.86. The van der Waals surface area contributed by atoms with Gasteiger partial charge >= 0.3 is 0 Å². The van der Waals surface area contributed by atoms with E-state index in [2.05, 4.69) is 66.6 Å². The van der Waals surface area contributed by atoms with Crippen molar-refractivity contribution in [2.45, 2.75) is 39.3 Å². The summed E-state index contributed by atoms with van der Waals surface area (Å²) in [6.07, 6.45) is 5.08. The summed E-state index contributed by atoms with van der Waals surface area (Å²) in [5.74, 6) is 2.64. The molecular formula is C34H36N2O3. The average Bonchev–Trinajstić information content (AvgIpc) is 3.65. The molecule has 200 valence electrons. The van der Waals surface area contributed by atoms with Crippen LogP contribution in [0.25, 0.3) is 16.8 Å². The molecule has 0 bridgehead atoms. The predicted molar refractivity (Wildman–Crippen MR) is 156 cm³/mol. The fourth-order valence-corrected chi connectivity index (χ4v) is 5.82. The number of likely N-dealkylation sites (tertiary alicyclic amines) is 1. The zero-order valence-electron chi connectivity index (χ0n) is 22.9. The van der Waals surface area contributed by atoms with Crippen LogP contribution < -0.4 is 9.47 Å². The summed E-state index contributed by atoms with van der Waals surface area (Å²) in [4.78, 5) is 2.52. The minimum absolute atomic E-state index is 0.231. The molecule has 3 unspecified atom stereocenters. The van der Waals surface area contributed by atoms with E-state index in [0.29, 0.717) is 12.6 Å². The summed E-state index contributed by atoms with van der Waals surface area (Å²) in [5, 5.41) is 10.2. The normalized spacial score (nSPS) is 20.0. The van der Waals surface area contributed by atoms with Crippen LogP contribution in [0.1, 0.15) is 50.0 Å². The Morgan fingerprint density at radius 1 is 1.00 bits per heavy atom. The van der Waals surface area contributed by atoms with Crippen LogP contribution >= 0.6 is 0 Å². The second-order valence-corrected chi connectivity index (χ2v) is 11.0. The zero-order valence-corrected chi connectivity index (χ0v) is 22.9. The monoisotopic (exact) mass is 520 g/mol. The summed E-state index contributed by atoms with van der Waals surface area (Å²) in [7, 11) is 0. The van der Waals surface area contributed by atoms with E-state index < -0.39 is 0 Å². The van der Waals surface area contributed by atoms with Gasteiger partial charge in [-0.1, -0.05) is 31.2 Å². The van der Waals surface area contributed by atoms with Gasteiger partial charge in [-0.25, -0.2) is 0 Å². The second kappa shape index (κ2) is 10.7. The molecule has 1 saturated heterocycles. The molecule has 3 aromatic carbocycles. The summed E-state index contributed by atoms with van der Waals surface area (Å²) in [5.41, 5.74) is 6.33. The van der Waals surface area contributed by atoms with Crippen molar-refractivity contribution in [2.75, 3.05) is 19.7 Å². The third-order valence-corrected chi connectivity index (χ3v) is 8.09. The van der Waals surface area contributed by atoms with E-state index >= 15 is 0 Å². The van der Waals surface area contributed by atoms with Crippen molar-refractivity contribution in [1.29, 1.82) is 0 Å². The van der Waals surface area contributed by atoms with Gasteiger partial charge < -0.3 is 19.1 Å². The first kappa shape index (κ1) is 25.3. The standard InChI is InChI=1S/C34H36N2O3/c1-23-15-18-36(21-23)24(2)22-38-30-12-9-26(10-13-30)34-33(25(3)31-20-29(37)11-14-32(31)39-34)27-7-6-8-28(19-27)35-16-4-5-17-35/h4-14,16-17,19-20,23-24,34,37H,15,18,21-22H2,1-3H3. The highest BCUT2D eigenvalue weighted by molar-refractivity contribution is 5.96. The maximum atomic E-state index is 10.2. The number of hydrogen-bond acceptors (Lipinski definition) is 4. The topological polar surface area (TPSA) is 46.9 Å². The van der Waals surface area contributed by atoms with Crippen molar-refractivity contribution in [3.05, 3.63) is 108 Å². The van der Waals surface area contributed by atoms with Gasteiger partial charge in [-0.3, -0.25) is 4.90 Å². The Labute approximate surface area is 230 Å². The van der Waals surface area contributed by atoms with Gasteiger partial charge in [0.2, 0.25) is 0 Å². The smallest absolute Gasteiger partial charge is 0.150 e. The first-order valence-corrected chi connectivity index (χ1v) is 13.9. The average molecular weight is 521 g/mol. The number of hydrogen-bond donors (Lipinski definition) is 1. The fourth-order valence-electron chi connectivity index (χ4n) is 5.82. The van der Waals surface area contributed by atoms with Gasteiger partial charge in [-0.05, 0) is 104 Å². The summed E-state index contributed by atoms with van der Waals surface area (Å²) >= 11 is 0. The number of ether oxygens (including phenoxy) is 2. The lowest BCUT2D eigenvalue weighted by Crippen LogP contribution is -2.35. The largest absolute Gasteiger partial charge is 0.508 e. The Balaban J connectivity index is 1.30. The van der Waals surface area contributed by atoms with Gasteiger partial charge in [-0.2, -0.15) is 0 Å². The molecule has 0 saturated carbocycles. The fraction of sp³-hybridized carbons (Fsp3) is 0.294. The molecule has 0 spiro atoms. The molecule has 3 atom stereocenters. The number of rotatable bonds is 7. The Bertz CT molecular complexity index is 1470. The minimum atomic E-state index is -0.291. The quantitative estimate of drug-likeness (QED) is 0.277. The molecule has 1 fully saturated rings. The molecule has 0 aliphatic carbocycles. The summed E-state index contributed by atoms with van der Waals surface area (Å²) in [6, 6.07) is 26.6. The van der Waals surface area contributed by atoms with Crippen molar-refractivity contribution in [2.24, 2.45) is 5.92 Å². The highest BCUT2D eigenvalue weighted by Gasteiger charge is 2.30. The molecule has 5 nitrogen and oxygen atoms in total. The SMILES string of the molecule is CC1=C(c2cccc(-n3cccc3)c2)C(c2ccc(OCC(C)N3CCC(C)C3)cc2)Oc2ccc(O)cc21. The number of phenolic OH excluding ortho intramolecular Hbond substituents is 1. The number of allylic oxidation sites excluding steroid dienone is 1. The van der Waals surface area contributed by atoms with E-state index in [0.717, 1.165) is 64.0 Å². The number of nitrogens with zero attached hydrogens (tertiary/aromatic N) is 2. The number of phenols is 1. The molecule has 2 aliphatic heterocycles. The molecule has 6 rings (SSSR count). The minimum Gasteiger partial charge on any atom is -0.508 e. The highest BCUT2D eigenvalue weighted by Crippen LogP contribution is 2.47. The first-order valence-electron chi connectivity index (χ1n) is 13.9. The lowest BCUT2D eigenvalue weighted by molar-refractivity contribution is 0.169. The molecular weight excluding hydrogens is 484 g/mol. The molecule has 39 heavy (non-hydrogen) atoms. The molecule has 2 aliphatic rings. The molecule has 3 heterocycles. The van der Waals surface area contributed by atoms with Crippen LogP contribution in [0.4, 0.5) is 0 Å². The van der Waals surface area contributed by atoms with E-state index in [1.54, 1.807) is 12.1 Å². The van der Waals surface area contributed by atoms with E-state index in [-0.39, 0.29) is 11.9 Å². The zero-order chi connectivity index (χ0) is 26.9. The van der Waals surface area contributed by atoms with E-state index in [1.807, 2.05) is 42.7 Å². The van der Waals surface area contributed by atoms with Crippen LogP contribution in [0.3, 0.4) is 0 Å². The van der Waals surface area contributed by atoms with Gasteiger partial charge in [0.15, 0.2) is 0 Å². The third kappa shape index (κ3) is 5.19. The van der Waals surface area contributed by atoms with Gasteiger partial charge in [0.1, 0.15) is 30.0 Å². The molecule has 5 heteroatoms. The predicted octanol–water partition coefficient (Wildman–Crippen LogP) is 7.36. The van der Waals surface area contributed by atoms with Crippen molar-refractivity contribution >= 4 is 11.1 Å².